The summed E-state index contributed by atoms with van der Waals surface area (Å²) in [6.45, 7) is 13.9. The van der Waals surface area contributed by atoms with Gasteiger partial charge in [0.1, 0.15) is 0 Å². The quantitative estimate of drug-likeness (QED) is 0.199. The fourth-order valence-electron chi connectivity index (χ4n) is 4.20. The minimum Gasteiger partial charge on any atom is -0.379 e. The van der Waals surface area contributed by atoms with Crippen molar-refractivity contribution in [2.45, 2.75) is 65.0 Å². The fraction of sp³-hybridized carbons (Fsp3) is 0.708. The Morgan fingerprint density at radius 1 is 1.16 bits per heavy atom. The van der Waals surface area contributed by atoms with Gasteiger partial charge >= 0.3 is 0 Å². The van der Waals surface area contributed by atoms with Gasteiger partial charge in [0, 0.05) is 45.9 Å². The molecule has 2 N–H and O–H groups in total. The van der Waals surface area contributed by atoms with Crippen molar-refractivity contribution in [3.63, 3.8) is 0 Å². The zero-order chi connectivity index (χ0) is 21.9. The maximum Gasteiger partial charge on any atom is 0.191 e. The number of hydrogen-bond donors (Lipinski definition) is 2. The molecule has 182 valence electrons. The minimum absolute atomic E-state index is 0. The van der Waals surface area contributed by atoms with Crippen LogP contribution >= 0.6 is 24.0 Å². The van der Waals surface area contributed by atoms with Gasteiger partial charge in [-0.3, -0.25) is 4.90 Å². The number of aliphatic imine (C=N–C) groups is 1. The van der Waals surface area contributed by atoms with Crippen molar-refractivity contribution in [2.75, 3.05) is 46.0 Å². The van der Waals surface area contributed by atoms with Crippen molar-refractivity contribution in [1.29, 1.82) is 0 Å². The first-order chi connectivity index (χ1) is 15.1. The Kier molecular flexibility index (Phi) is 12.8. The number of morpholine rings is 1. The van der Waals surface area contributed by atoms with Gasteiger partial charge in [0.2, 0.25) is 0 Å². The molecule has 2 fully saturated rings. The van der Waals surface area contributed by atoms with Crippen LogP contribution in [0.25, 0.3) is 0 Å². The SMILES string of the molecule is CCNC(=NCc1ccccc1CN1CC(C)OC(C)C1)NCCCOC1CCOC1.I. The molecule has 1 aromatic carbocycles. The third-order valence-electron chi connectivity index (χ3n) is 5.61. The summed E-state index contributed by atoms with van der Waals surface area (Å²) in [6, 6.07) is 8.63. The predicted molar refractivity (Wildman–Crippen MR) is 140 cm³/mol. The summed E-state index contributed by atoms with van der Waals surface area (Å²) in [4.78, 5) is 7.32. The second kappa shape index (κ2) is 15.1. The lowest BCUT2D eigenvalue weighted by Gasteiger charge is -2.35. The number of halogens is 1. The zero-order valence-electron chi connectivity index (χ0n) is 19.8. The molecule has 0 spiro atoms. The summed E-state index contributed by atoms with van der Waals surface area (Å²) in [7, 11) is 0. The molecule has 2 aliphatic rings. The molecule has 0 radical (unpaired) electrons. The van der Waals surface area contributed by atoms with E-state index in [4.69, 9.17) is 19.2 Å². The van der Waals surface area contributed by atoms with Crippen LogP contribution in [0.2, 0.25) is 0 Å². The normalized spacial score (nSPS) is 24.2. The molecule has 1 aromatic rings. The van der Waals surface area contributed by atoms with Crippen LogP contribution < -0.4 is 10.6 Å². The van der Waals surface area contributed by atoms with Crippen LogP contribution in [-0.2, 0) is 27.3 Å². The van der Waals surface area contributed by atoms with Gasteiger partial charge in [-0.25, -0.2) is 4.99 Å². The van der Waals surface area contributed by atoms with E-state index >= 15 is 0 Å². The number of guanidine groups is 1. The third kappa shape index (κ3) is 9.51. The van der Waals surface area contributed by atoms with Crippen molar-refractivity contribution < 1.29 is 14.2 Å². The molecule has 3 atom stereocenters. The molecule has 2 aliphatic heterocycles. The number of nitrogens with zero attached hydrogens (tertiary/aromatic N) is 2. The Labute approximate surface area is 210 Å². The molecule has 7 nitrogen and oxygen atoms in total. The van der Waals surface area contributed by atoms with Crippen LogP contribution in [0.3, 0.4) is 0 Å². The number of rotatable bonds is 10. The lowest BCUT2D eigenvalue weighted by Crippen LogP contribution is -2.44. The van der Waals surface area contributed by atoms with Gasteiger partial charge in [-0.1, -0.05) is 24.3 Å². The van der Waals surface area contributed by atoms with Gasteiger partial charge in [0.25, 0.3) is 0 Å². The molecule has 0 aromatic heterocycles. The molecule has 32 heavy (non-hydrogen) atoms. The van der Waals surface area contributed by atoms with Crippen molar-refractivity contribution in [3.8, 4) is 0 Å². The number of benzene rings is 1. The highest BCUT2D eigenvalue weighted by atomic mass is 127. The highest BCUT2D eigenvalue weighted by molar-refractivity contribution is 14.0. The molecule has 8 heteroatoms. The molecule has 3 rings (SSSR count). The summed E-state index contributed by atoms with van der Waals surface area (Å²) in [5.41, 5.74) is 2.62. The minimum atomic E-state index is 0. The number of ether oxygens (including phenoxy) is 3. The Bertz CT molecular complexity index is 675. The lowest BCUT2D eigenvalue weighted by molar-refractivity contribution is -0.0705. The van der Waals surface area contributed by atoms with Crippen molar-refractivity contribution in [3.05, 3.63) is 35.4 Å². The van der Waals surface area contributed by atoms with Crippen molar-refractivity contribution in [2.24, 2.45) is 4.99 Å². The van der Waals surface area contributed by atoms with Gasteiger partial charge in [-0.05, 0) is 44.7 Å². The van der Waals surface area contributed by atoms with Crippen LogP contribution in [0.5, 0.6) is 0 Å². The fourth-order valence-corrected chi connectivity index (χ4v) is 4.20. The summed E-state index contributed by atoms with van der Waals surface area (Å²) in [5, 5.41) is 6.78. The number of nitrogens with one attached hydrogen (secondary N) is 2. The summed E-state index contributed by atoms with van der Waals surface area (Å²) >= 11 is 0. The van der Waals surface area contributed by atoms with E-state index in [0.717, 1.165) is 71.3 Å². The Hall–Kier alpha value is -0.940. The molecule has 2 heterocycles. The molecule has 3 unspecified atom stereocenters. The van der Waals surface area contributed by atoms with E-state index in [1.165, 1.54) is 11.1 Å². The Morgan fingerprint density at radius 3 is 2.59 bits per heavy atom. The molecule has 0 bridgehead atoms. The molecule has 0 aliphatic carbocycles. The molecule has 2 saturated heterocycles. The van der Waals surface area contributed by atoms with Crippen LogP contribution in [0, 0.1) is 0 Å². The van der Waals surface area contributed by atoms with Crippen molar-refractivity contribution >= 4 is 29.9 Å². The molecular weight excluding hydrogens is 519 g/mol. The smallest absolute Gasteiger partial charge is 0.191 e. The van der Waals surface area contributed by atoms with Crippen LogP contribution in [0.1, 0.15) is 44.7 Å². The van der Waals surface area contributed by atoms with Crippen molar-refractivity contribution in [1.82, 2.24) is 15.5 Å². The van der Waals surface area contributed by atoms with E-state index in [2.05, 4.69) is 60.6 Å². The van der Waals surface area contributed by atoms with Gasteiger partial charge in [-0.2, -0.15) is 0 Å². The standard InChI is InChI=1S/C24H40N4O3.HI/c1-4-25-24(26-11-7-12-30-23-10-13-29-18-23)27-14-21-8-5-6-9-22(21)17-28-15-19(2)31-20(3)16-28;/h5-6,8-9,19-20,23H,4,7,10-18H2,1-3H3,(H2,25,26,27);1H. The lowest BCUT2D eigenvalue weighted by atomic mass is 10.1. The predicted octanol–water partition coefficient (Wildman–Crippen LogP) is 3.16. The van der Waals surface area contributed by atoms with Gasteiger partial charge in [0.15, 0.2) is 5.96 Å². The largest absolute Gasteiger partial charge is 0.379 e. The van der Waals surface area contributed by atoms with E-state index in [-0.39, 0.29) is 42.3 Å². The molecular formula is C24H41IN4O3. The van der Waals surface area contributed by atoms with E-state index in [0.29, 0.717) is 6.54 Å². The first-order valence-electron chi connectivity index (χ1n) is 11.8. The van der Waals surface area contributed by atoms with E-state index in [9.17, 15) is 0 Å². The maximum absolute atomic E-state index is 5.88. The van der Waals surface area contributed by atoms with Gasteiger partial charge in [-0.15, -0.1) is 24.0 Å². The second-order valence-corrected chi connectivity index (χ2v) is 8.55. The highest BCUT2D eigenvalue weighted by Gasteiger charge is 2.22. The maximum atomic E-state index is 5.88. The van der Waals surface area contributed by atoms with Gasteiger partial charge < -0.3 is 24.8 Å². The van der Waals surface area contributed by atoms with Gasteiger partial charge in [0.05, 0.1) is 31.5 Å². The Morgan fingerprint density at radius 2 is 1.91 bits per heavy atom. The third-order valence-corrected chi connectivity index (χ3v) is 5.61. The van der Waals surface area contributed by atoms with E-state index in [1.54, 1.807) is 0 Å². The summed E-state index contributed by atoms with van der Waals surface area (Å²) < 4.78 is 17.1. The zero-order valence-corrected chi connectivity index (χ0v) is 22.2. The summed E-state index contributed by atoms with van der Waals surface area (Å²) in [6.07, 6.45) is 2.80. The monoisotopic (exact) mass is 560 g/mol. The molecule has 0 saturated carbocycles. The topological polar surface area (TPSA) is 67.4 Å². The summed E-state index contributed by atoms with van der Waals surface area (Å²) in [5.74, 6) is 0.857. The first-order valence-corrected chi connectivity index (χ1v) is 11.8. The molecule has 0 amide bonds. The van der Waals surface area contributed by atoms with Crippen LogP contribution in [-0.4, -0.2) is 75.2 Å². The van der Waals surface area contributed by atoms with Crippen LogP contribution in [0.4, 0.5) is 0 Å². The van der Waals surface area contributed by atoms with Crippen LogP contribution in [0.15, 0.2) is 29.3 Å². The average Bonchev–Trinajstić information content (AvgIpc) is 3.25. The average molecular weight is 561 g/mol. The highest BCUT2D eigenvalue weighted by Crippen LogP contribution is 2.17. The Balaban J connectivity index is 0.00000363. The van der Waals surface area contributed by atoms with E-state index in [1.807, 2.05) is 0 Å². The first kappa shape index (κ1) is 27.3. The van der Waals surface area contributed by atoms with E-state index < -0.39 is 0 Å². The second-order valence-electron chi connectivity index (χ2n) is 8.55. The number of hydrogen-bond acceptors (Lipinski definition) is 5.